The predicted octanol–water partition coefficient (Wildman–Crippen LogP) is -1.24. The monoisotopic (exact) mass is 858 g/mol. The third kappa shape index (κ3) is 7.60. The quantitative estimate of drug-likeness (QED) is 0.0918. The van der Waals surface area contributed by atoms with E-state index in [4.69, 9.17) is 37.9 Å². The average molecular weight is 859 g/mol. The zero-order valence-electron chi connectivity index (χ0n) is 34.8. The molecular formula is C42H66O18. The predicted molar refractivity (Wildman–Crippen MR) is 203 cm³/mol. The summed E-state index contributed by atoms with van der Waals surface area (Å²) in [7, 11) is 1.53. The van der Waals surface area contributed by atoms with Gasteiger partial charge in [0.1, 0.15) is 61.5 Å². The standard InChI is InChI=1S/C42H66O18/c1-18-37(60-39-36(51)34(49)32(47)27(59-39)17-55-38-35(50)33(48)31(46)26(15-43)58-38)25(53-4)13-29(56-18)57-21-7-9-40(2)20(12-21)5-6-23-22(40)8-10-41(3)30(19-11-28(45)54-16-19)24(44)14-42(23,41)52/h11,18,20-27,29-39,43-44,46-52H,5-10,12-17H2,1-4H3/t18-,20+,21-,22-,23+,24-,25-,26+,27+,29-,30-,31+,32+,33-,34-,35+,36+,37-,38+,39-,40-,41+,42-/m0/s1. The van der Waals surface area contributed by atoms with Crippen molar-refractivity contribution in [3.05, 3.63) is 11.6 Å². The largest absolute Gasteiger partial charge is 0.458 e. The van der Waals surface area contributed by atoms with E-state index in [1.54, 1.807) is 6.92 Å². The van der Waals surface area contributed by atoms with Gasteiger partial charge in [-0.05, 0) is 80.6 Å². The fourth-order valence-corrected chi connectivity index (χ4v) is 13.0. The summed E-state index contributed by atoms with van der Waals surface area (Å²) < 4.78 is 47.1. The summed E-state index contributed by atoms with van der Waals surface area (Å²) in [5.41, 5.74) is -0.825. The molecule has 0 aromatic heterocycles. The van der Waals surface area contributed by atoms with Crippen LogP contribution in [0.25, 0.3) is 0 Å². The van der Waals surface area contributed by atoms with E-state index in [1.165, 1.54) is 13.2 Å². The second-order valence-electron chi connectivity index (χ2n) is 19.4. The van der Waals surface area contributed by atoms with E-state index in [-0.39, 0.29) is 41.8 Å². The number of aliphatic hydroxyl groups is 9. The van der Waals surface area contributed by atoms with Gasteiger partial charge in [-0.25, -0.2) is 4.79 Å². The first-order valence-electron chi connectivity index (χ1n) is 21.8. The van der Waals surface area contributed by atoms with E-state index in [1.807, 2.05) is 0 Å². The van der Waals surface area contributed by atoms with Gasteiger partial charge in [-0.1, -0.05) is 13.8 Å². The lowest BCUT2D eigenvalue weighted by Gasteiger charge is -2.63. The summed E-state index contributed by atoms with van der Waals surface area (Å²) in [5.74, 6) is -0.00189. The molecule has 9 N–H and O–H groups in total. The van der Waals surface area contributed by atoms with Gasteiger partial charge in [-0.2, -0.15) is 0 Å². The van der Waals surface area contributed by atoms with Gasteiger partial charge < -0.3 is 83.9 Å². The number of carbonyl (C=O) groups excluding carboxylic acids is 1. The highest BCUT2D eigenvalue weighted by Gasteiger charge is 2.70. The minimum atomic E-state index is -1.71. The SMILES string of the molecule is CO[C@H]1C[C@H](O[C@H]2CC[C@@]3(C)[C@H](CC[C@@H]4[C@@H]3CC[C@]3(C)[C@@H](C5=CC(=O)OC5)[C@@H](O)C[C@]43O)C2)O[C@@H](C)[C@@H]1O[C@@H]1O[C@H](CO[C@@H]2O[C@H](CO)[C@@H](O)[C@H](O)[C@H]2O)[C@@H](O)[C@H](O)[C@H]1O. The van der Waals surface area contributed by atoms with E-state index in [0.717, 1.165) is 50.5 Å². The summed E-state index contributed by atoms with van der Waals surface area (Å²) in [6.45, 7) is 5.28. The van der Waals surface area contributed by atoms with Gasteiger partial charge in [-0.15, -0.1) is 0 Å². The number of ether oxygens (including phenoxy) is 8. The Hall–Kier alpha value is -1.43. The fraction of sp³-hybridized carbons (Fsp3) is 0.929. The number of esters is 1. The molecule has 4 aliphatic carbocycles. The molecule has 0 bridgehead atoms. The summed E-state index contributed by atoms with van der Waals surface area (Å²) in [6.07, 6.45) is -10.7. The Bertz CT molecular complexity index is 1570. The molecule has 0 unspecified atom stereocenters. The van der Waals surface area contributed by atoms with Crippen molar-refractivity contribution in [2.24, 2.45) is 34.5 Å². The van der Waals surface area contributed by atoms with E-state index >= 15 is 0 Å². The topological polar surface area (TPSA) is 273 Å². The zero-order chi connectivity index (χ0) is 43.1. The van der Waals surface area contributed by atoms with Crippen LogP contribution in [0.4, 0.5) is 0 Å². The number of fused-ring (bicyclic) bond motifs is 5. The number of aliphatic hydroxyl groups excluding tert-OH is 8. The molecule has 0 amide bonds. The van der Waals surface area contributed by atoms with E-state index in [0.29, 0.717) is 18.8 Å². The first kappa shape index (κ1) is 45.1. The molecule has 18 nitrogen and oxygen atoms in total. The Balaban J connectivity index is 0.863. The smallest absolute Gasteiger partial charge is 0.331 e. The lowest BCUT2D eigenvalue weighted by molar-refractivity contribution is -0.355. The van der Waals surface area contributed by atoms with Crippen molar-refractivity contribution in [1.82, 2.24) is 0 Å². The molecule has 18 heteroatoms. The number of rotatable bonds is 10. The van der Waals surface area contributed by atoms with Crippen LogP contribution in [-0.2, 0) is 42.7 Å². The Labute approximate surface area is 349 Å². The highest BCUT2D eigenvalue weighted by Crippen LogP contribution is 2.70. The van der Waals surface area contributed by atoms with Crippen LogP contribution in [0.2, 0.25) is 0 Å². The molecule has 7 fully saturated rings. The third-order valence-corrected chi connectivity index (χ3v) is 16.4. The van der Waals surface area contributed by atoms with Gasteiger partial charge in [0, 0.05) is 37.4 Å². The van der Waals surface area contributed by atoms with Crippen LogP contribution in [0.15, 0.2) is 11.6 Å². The lowest BCUT2D eigenvalue weighted by atomic mass is 9.43. The molecule has 23 atom stereocenters. The maximum atomic E-state index is 12.6. The molecule has 0 aromatic carbocycles. The van der Waals surface area contributed by atoms with Crippen LogP contribution < -0.4 is 0 Å². The second-order valence-corrected chi connectivity index (χ2v) is 19.4. The van der Waals surface area contributed by atoms with E-state index in [9.17, 15) is 50.8 Å². The van der Waals surface area contributed by atoms with Crippen molar-refractivity contribution < 1.29 is 88.6 Å². The van der Waals surface area contributed by atoms with Gasteiger partial charge in [0.25, 0.3) is 0 Å². The molecule has 8 aliphatic rings. The number of carbonyl (C=O) groups is 1. The van der Waals surface area contributed by atoms with Gasteiger partial charge in [-0.3, -0.25) is 0 Å². The van der Waals surface area contributed by atoms with Crippen molar-refractivity contribution in [3.63, 3.8) is 0 Å². The average Bonchev–Trinajstić information content (AvgIpc) is 3.73. The number of hydrogen-bond acceptors (Lipinski definition) is 18. The zero-order valence-corrected chi connectivity index (χ0v) is 34.8. The molecule has 342 valence electrons. The number of cyclic esters (lactones) is 1. The summed E-state index contributed by atoms with van der Waals surface area (Å²) >= 11 is 0. The summed E-state index contributed by atoms with van der Waals surface area (Å²) in [4.78, 5) is 12.0. The molecule has 0 spiro atoms. The molecule has 0 aromatic rings. The first-order chi connectivity index (χ1) is 28.4. The highest BCUT2D eigenvalue weighted by molar-refractivity contribution is 5.85. The molecular weight excluding hydrogens is 792 g/mol. The van der Waals surface area contributed by atoms with Gasteiger partial charge in [0.05, 0.1) is 43.2 Å². The Morgan fingerprint density at radius 3 is 2.18 bits per heavy atom. The normalized spacial score (nSPS) is 54.4. The molecule has 3 saturated heterocycles. The van der Waals surface area contributed by atoms with Gasteiger partial charge in [0.2, 0.25) is 0 Å². The van der Waals surface area contributed by atoms with E-state index < -0.39 is 116 Å². The van der Waals surface area contributed by atoms with Gasteiger partial charge >= 0.3 is 5.97 Å². The van der Waals surface area contributed by atoms with Crippen molar-refractivity contribution in [2.75, 3.05) is 26.9 Å². The first-order valence-corrected chi connectivity index (χ1v) is 21.8. The molecule has 0 radical (unpaired) electrons. The Morgan fingerprint density at radius 1 is 0.800 bits per heavy atom. The maximum absolute atomic E-state index is 12.6. The van der Waals surface area contributed by atoms with Crippen LogP contribution in [0, 0.1) is 34.5 Å². The van der Waals surface area contributed by atoms with Crippen molar-refractivity contribution in [2.45, 2.75) is 182 Å². The van der Waals surface area contributed by atoms with Crippen molar-refractivity contribution in [3.8, 4) is 0 Å². The number of methoxy groups -OCH3 is 1. The Morgan fingerprint density at radius 2 is 1.50 bits per heavy atom. The van der Waals surface area contributed by atoms with Crippen LogP contribution in [0.1, 0.15) is 78.6 Å². The van der Waals surface area contributed by atoms with Crippen molar-refractivity contribution >= 4 is 5.97 Å². The maximum Gasteiger partial charge on any atom is 0.331 e. The summed E-state index contributed by atoms with van der Waals surface area (Å²) in [5, 5.41) is 96.4. The third-order valence-electron chi connectivity index (χ3n) is 16.4. The van der Waals surface area contributed by atoms with Crippen LogP contribution in [0.3, 0.4) is 0 Å². The molecule has 4 heterocycles. The van der Waals surface area contributed by atoms with Crippen LogP contribution in [0.5, 0.6) is 0 Å². The highest BCUT2D eigenvalue weighted by atomic mass is 16.8. The lowest BCUT2D eigenvalue weighted by Crippen LogP contribution is -2.63. The fourth-order valence-electron chi connectivity index (χ4n) is 13.0. The van der Waals surface area contributed by atoms with E-state index in [2.05, 4.69) is 13.8 Å². The minimum Gasteiger partial charge on any atom is -0.458 e. The van der Waals surface area contributed by atoms with Crippen LogP contribution in [-0.4, -0.2) is 183 Å². The Kier molecular flexibility index (Phi) is 12.9. The number of hydrogen-bond donors (Lipinski definition) is 9. The van der Waals surface area contributed by atoms with Crippen molar-refractivity contribution in [1.29, 1.82) is 0 Å². The van der Waals surface area contributed by atoms with Gasteiger partial charge in [0.15, 0.2) is 18.9 Å². The van der Waals surface area contributed by atoms with Crippen LogP contribution >= 0.6 is 0 Å². The minimum absolute atomic E-state index is 0.0139. The summed E-state index contributed by atoms with van der Waals surface area (Å²) in [6, 6.07) is 0. The molecule has 4 aliphatic heterocycles. The molecule has 60 heavy (non-hydrogen) atoms. The molecule has 4 saturated carbocycles. The molecule has 8 rings (SSSR count). The second kappa shape index (κ2) is 17.2.